The molecule has 4 N–H and O–H groups in total. The lowest BCUT2D eigenvalue weighted by Crippen LogP contribution is -2.43. The highest BCUT2D eigenvalue weighted by molar-refractivity contribution is 5.79. The molecule has 1 saturated carbocycles. The van der Waals surface area contributed by atoms with Crippen molar-refractivity contribution < 1.29 is 24.2 Å². The molecule has 176 valence electrons. The zero-order chi connectivity index (χ0) is 22.3. The molecule has 1 aliphatic carbocycles. The molecule has 0 unspecified atom stereocenters. The van der Waals surface area contributed by atoms with Crippen molar-refractivity contribution in [2.45, 2.75) is 69.6 Å². The van der Waals surface area contributed by atoms with E-state index in [0.29, 0.717) is 19.1 Å². The molecule has 32 heavy (non-hydrogen) atoms. The predicted molar refractivity (Wildman–Crippen MR) is 119 cm³/mol. The third-order valence-corrected chi connectivity index (χ3v) is 6.59. The van der Waals surface area contributed by atoms with Gasteiger partial charge in [-0.15, -0.1) is 0 Å². The van der Waals surface area contributed by atoms with Crippen LogP contribution >= 0.6 is 0 Å². The fourth-order valence-electron chi connectivity index (χ4n) is 4.57. The van der Waals surface area contributed by atoms with Crippen molar-refractivity contribution in [3.05, 3.63) is 23.4 Å². The summed E-state index contributed by atoms with van der Waals surface area (Å²) in [6.45, 7) is 2.72. The minimum absolute atomic E-state index is 0.170. The first-order valence-electron chi connectivity index (χ1n) is 11.8. The predicted octanol–water partition coefficient (Wildman–Crippen LogP) is 2.10. The molecule has 0 aromatic carbocycles. The molecule has 2 aliphatic heterocycles. The Morgan fingerprint density at radius 3 is 2.91 bits per heavy atom. The average molecular weight is 447 g/mol. The van der Waals surface area contributed by atoms with Crippen molar-refractivity contribution >= 4 is 17.9 Å². The van der Waals surface area contributed by atoms with Crippen LogP contribution in [-0.4, -0.2) is 66.6 Å². The van der Waals surface area contributed by atoms with E-state index < -0.39 is 18.1 Å². The number of nitrogens with zero attached hydrogens (tertiary/aromatic N) is 1. The largest absolute Gasteiger partial charge is 0.480 e. The number of carbonyl (C=O) groups excluding carboxylic acids is 1. The number of carboxylic acid groups (broad SMARTS) is 1. The Balaban J connectivity index is 1.10. The van der Waals surface area contributed by atoms with Crippen LogP contribution < -0.4 is 16.0 Å². The Morgan fingerprint density at radius 1 is 1.25 bits per heavy atom. The van der Waals surface area contributed by atoms with E-state index in [1.165, 1.54) is 12.0 Å². The lowest BCUT2D eigenvalue weighted by Gasteiger charge is -2.35. The molecular weight excluding hydrogens is 412 g/mol. The Bertz CT molecular complexity index is 793. The van der Waals surface area contributed by atoms with Crippen LogP contribution in [0.4, 0.5) is 10.6 Å². The molecule has 1 amide bonds. The van der Waals surface area contributed by atoms with E-state index in [2.05, 4.69) is 28.1 Å². The maximum absolute atomic E-state index is 11.9. The Morgan fingerprint density at radius 2 is 2.12 bits per heavy atom. The first-order valence-corrected chi connectivity index (χ1v) is 11.8. The number of rotatable bonds is 10. The molecule has 1 saturated heterocycles. The van der Waals surface area contributed by atoms with Crippen molar-refractivity contribution in [3.63, 3.8) is 0 Å². The van der Waals surface area contributed by atoms with Gasteiger partial charge < -0.3 is 30.5 Å². The fraction of sp³-hybridized carbons (Fsp3) is 0.696. The second kappa shape index (κ2) is 11.0. The minimum atomic E-state index is -1.08. The maximum Gasteiger partial charge on any atom is 0.408 e. The lowest BCUT2D eigenvalue weighted by molar-refractivity contribution is -0.140. The van der Waals surface area contributed by atoms with Crippen LogP contribution in [0.15, 0.2) is 12.1 Å². The Labute approximate surface area is 188 Å². The van der Waals surface area contributed by atoms with Gasteiger partial charge in [0.1, 0.15) is 18.0 Å². The average Bonchev–Trinajstić information content (AvgIpc) is 3.26. The molecule has 4 rings (SSSR count). The number of pyridine rings is 1. The van der Waals surface area contributed by atoms with Crippen LogP contribution in [0.2, 0.25) is 0 Å². The molecule has 0 bridgehead atoms. The van der Waals surface area contributed by atoms with Crippen LogP contribution in [0.5, 0.6) is 0 Å². The number of ether oxygens (including phenoxy) is 2. The zero-order valence-corrected chi connectivity index (χ0v) is 18.5. The quantitative estimate of drug-likeness (QED) is 0.431. The SMILES string of the molecule is O=C(N[C@@H](CCOC1CC(CCc2ccc3c(n2)NCCC3)C1)C(=O)O)O[C@H]1CCNC1. The van der Waals surface area contributed by atoms with Gasteiger partial charge in [-0.05, 0) is 69.0 Å². The van der Waals surface area contributed by atoms with Crippen molar-refractivity contribution in [1.82, 2.24) is 15.6 Å². The Kier molecular flexibility index (Phi) is 7.81. The van der Waals surface area contributed by atoms with Crippen LogP contribution in [0.1, 0.15) is 49.8 Å². The van der Waals surface area contributed by atoms with Crippen LogP contribution in [0.3, 0.4) is 0 Å². The molecule has 3 heterocycles. The van der Waals surface area contributed by atoms with Crippen molar-refractivity contribution in [2.75, 3.05) is 31.6 Å². The molecule has 2 atom stereocenters. The number of aliphatic carboxylic acids is 1. The van der Waals surface area contributed by atoms with Gasteiger partial charge in [-0.3, -0.25) is 0 Å². The molecule has 0 radical (unpaired) electrons. The molecule has 1 aromatic heterocycles. The van der Waals surface area contributed by atoms with Gasteiger partial charge in [0.15, 0.2) is 0 Å². The molecule has 0 spiro atoms. The normalized spacial score (nSPS) is 25.2. The van der Waals surface area contributed by atoms with E-state index in [-0.39, 0.29) is 18.6 Å². The van der Waals surface area contributed by atoms with Crippen molar-refractivity contribution in [3.8, 4) is 0 Å². The highest BCUT2D eigenvalue weighted by Crippen LogP contribution is 2.34. The summed E-state index contributed by atoms with van der Waals surface area (Å²) < 4.78 is 11.1. The highest BCUT2D eigenvalue weighted by Gasteiger charge is 2.30. The number of nitrogens with one attached hydrogen (secondary N) is 3. The Hall–Kier alpha value is -2.39. The van der Waals surface area contributed by atoms with Crippen LogP contribution in [0, 0.1) is 5.92 Å². The van der Waals surface area contributed by atoms with Crippen LogP contribution in [0.25, 0.3) is 0 Å². The summed E-state index contributed by atoms with van der Waals surface area (Å²) >= 11 is 0. The van der Waals surface area contributed by atoms with Gasteiger partial charge in [-0.1, -0.05) is 6.07 Å². The van der Waals surface area contributed by atoms with Gasteiger partial charge in [0.2, 0.25) is 0 Å². The van der Waals surface area contributed by atoms with E-state index in [1.807, 2.05) is 0 Å². The van der Waals surface area contributed by atoms with E-state index >= 15 is 0 Å². The summed E-state index contributed by atoms with van der Waals surface area (Å²) in [5.41, 5.74) is 2.45. The topological polar surface area (TPSA) is 122 Å². The first kappa shape index (κ1) is 22.8. The molecule has 3 aliphatic rings. The van der Waals surface area contributed by atoms with Gasteiger partial charge in [-0.2, -0.15) is 0 Å². The number of alkyl carbamates (subject to hydrolysis) is 1. The van der Waals surface area contributed by atoms with Gasteiger partial charge in [0.25, 0.3) is 0 Å². The molecule has 9 heteroatoms. The number of carboxylic acids is 1. The van der Waals surface area contributed by atoms with E-state index in [1.54, 1.807) is 0 Å². The molecule has 2 fully saturated rings. The summed E-state index contributed by atoms with van der Waals surface area (Å²) in [6.07, 6.45) is 6.58. The van der Waals surface area contributed by atoms with Gasteiger partial charge in [0.05, 0.1) is 6.10 Å². The van der Waals surface area contributed by atoms with E-state index in [0.717, 1.165) is 63.1 Å². The molecule has 1 aromatic rings. The smallest absolute Gasteiger partial charge is 0.408 e. The molecular formula is C23H34N4O5. The number of hydrogen-bond acceptors (Lipinski definition) is 7. The summed E-state index contributed by atoms with van der Waals surface area (Å²) in [4.78, 5) is 28.1. The standard InChI is InChI=1S/C23H34N4O5/c28-22(29)20(27-23(30)32-18-7-10-24-14-18)8-11-31-19-12-15(13-19)3-5-17-6-4-16-2-1-9-25-21(16)26-17/h4,6,15,18-20,24H,1-3,5,7-14H2,(H,25,26)(H,27,30)(H,28,29)/t15?,18-,19?,20-/m0/s1. The second-order valence-corrected chi connectivity index (χ2v) is 9.05. The van der Waals surface area contributed by atoms with Crippen molar-refractivity contribution in [1.29, 1.82) is 0 Å². The van der Waals surface area contributed by atoms with E-state index in [9.17, 15) is 14.7 Å². The third kappa shape index (κ3) is 6.32. The minimum Gasteiger partial charge on any atom is -0.480 e. The summed E-state index contributed by atoms with van der Waals surface area (Å²) in [5.74, 6) is 0.594. The second-order valence-electron chi connectivity index (χ2n) is 9.05. The van der Waals surface area contributed by atoms with Crippen molar-refractivity contribution in [2.24, 2.45) is 5.92 Å². The molecule has 9 nitrogen and oxygen atoms in total. The zero-order valence-electron chi connectivity index (χ0n) is 18.5. The number of aromatic nitrogens is 1. The summed E-state index contributed by atoms with van der Waals surface area (Å²) in [5, 5.41) is 18.3. The summed E-state index contributed by atoms with van der Waals surface area (Å²) in [6, 6.07) is 3.34. The number of anilines is 1. The van der Waals surface area contributed by atoms with Gasteiger partial charge >= 0.3 is 12.1 Å². The van der Waals surface area contributed by atoms with Gasteiger partial charge in [0, 0.05) is 31.8 Å². The number of amides is 1. The number of hydrogen-bond donors (Lipinski definition) is 4. The number of fused-ring (bicyclic) bond motifs is 1. The van der Waals surface area contributed by atoms with Gasteiger partial charge in [-0.25, -0.2) is 14.6 Å². The number of carbonyl (C=O) groups is 2. The van der Waals surface area contributed by atoms with E-state index in [4.69, 9.17) is 14.5 Å². The first-order chi connectivity index (χ1) is 15.6. The highest BCUT2D eigenvalue weighted by atomic mass is 16.6. The number of aryl methyl sites for hydroxylation is 2. The third-order valence-electron chi connectivity index (χ3n) is 6.59. The lowest BCUT2D eigenvalue weighted by atomic mass is 9.79. The monoisotopic (exact) mass is 446 g/mol. The summed E-state index contributed by atoms with van der Waals surface area (Å²) in [7, 11) is 0. The fourth-order valence-corrected chi connectivity index (χ4v) is 4.57. The maximum atomic E-state index is 11.9. The van der Waals surface area contributed by atoms with Crippen LogP contribution in [-0.2, 0) is 27.1 Å².